The molecule has 0 saturated carbocycles. The predicted octanol–water partition coefficient (Wildman–Crippen LogP) is 3.60. The number of thiophene rings is 1. The van der Waals surface area contributed by atoms with Crippen LogP contribution in [0.25, 0.3) is 10.2 Å². The topological polar surface area (TPSA) is 77.5 Å². The SMILES string of the molecule is C=CCn1c(=NC(=O)c2cccs2)sc2ccc([N+](=O)[O-])cc21. The lowest BCUT2D eigenvalue weighted by molar-refractivity contribution is -0.384. The number of thiazole rings is 1. The van der Waals surface area contributed by atoms with Crippen LogP contribution in [0, 0.1) is 10.1 Å². The van der Waals surface area contributed by atoms with Gasteiger partial charge in [-0.1, -0.05) is 23.5 Å². The molecule has 0 aliphatic heterocycles. The molecule has 0 atom stereocenters. The fourth-order valence-corrected chi connectivity index (χ4v) is 3.73. The zero-order valence-electron chi connectivity index (χ0n) is 11.8. The number of carbonyl (C=O) groups excluding carboxylic acids is 1. The van der Waals surface area contributed by atoms with Crippen molar-refractivity contribution in [1.82, 2.24) is 4.57 Å². The number of fused-ring (bicyclic) bond motifs is 1. The van der Waals surface area contributed by atoms with Gasteiger partial charge < -0.3 is 4.57 Å². The van der Waals surface area contributed by atoms with Gasteiger partial charge in [-0.2, -0.15) is 4.99 Å². The Morgan fingerprint density at radius 3 is 2.91 bits per heavy atom. The number of allylic oxidation sites excluding steroid dienone is 1. The summed E-state index contributed by atoms with van der Waals surface area (Å²) in [6.45, 7) is 4.11. The summed E-state index contributed by atoms with van der Waals surface area (Å²) in [7, 11) is 0. The van der Waals surface area contributed by atoms with Crippen LogP contribution in [-0.2, 0) is 6.54 Å². The number of nitrogens with zero attached hydrogens (tertiary/aromatic N) is 3. The van der Waals surface area contributed by atoms with E-state index in [1.807, 2.05) is 5.38 Å². The minimum Gasteiger partial charge on any atom is -0.312 e. The van der Waals surface area contributed by atoms with E-state index >= 15 is 0 Å². The summed E-state index contributed by atoms with van der Waals surface area (Å²) in [5, 5.41) is 12.8. The molecule has 116 valence electrons. The highest BCUT2D eigenvalue weighted by atomic mass is 32.1. The lowest BCUT2D eigenvalue weighted by Gasteiger charge is -2.00. The van der Waals surface area contributed by atoms with E-state index in [1.54, 1.807) is 28.8 Å². The highest BCUT2D eigenvalue weighted by Gasteiger charge is 2.13. The largest absolute Gasteiger partial charge is 0.312 e. The van der Waals surface area contributed by atoms with Crippen LogP contribution in [0.15, 0.2) is 53.4 Å². The monoisotopic (exact) mass is 345 g/mol. The van der Waals surface area contributed by atoms with Crippen LogP contribution >= 0.6 is 22.7 Å². The second-order valence-electron chi connectivity index (χ2n) is 4.59. The highest BCUT2D eigenvalue weighted by Crippen LogP contribution is 2.23. The van der Waals surface area contributed by atoms with Crippen molar-refractivity contribution in [3.63, 3.8) is 0 Å². The molecule has 23 heavy (non-hydrogen) atoms. The Labute approximate surface area is 138 Å². The van der Waals surface area contributed by atoms with Crippen LogP contribution < -0.4 is 4.80 Å². The van der Waals surface area contributed by atoms with Gasteiger partial charge in [-0.05, 0) is 17.5 Å². The number of nitro groups is 1. The molecule has 0 N–H and O–H groups in total. The molecule has 0 unspecified atom stereocenters. The summed E-state index contributed by atoms with van der Waals surface area (Å²) in [5.41, 5.74) is 0.672. The fraction of sp³-hybridized carbons (Fsp3) is 0.0667. The molecule has 0 aliphatic carbocycles. The summed E-state index contributed by atoms with van der Waals surface area (Å²) in [4.78, 5) is 27.9. The van der Waals surface area contributed by atoms with E-state index in [9.17, 15) is 14.9 Å². The predicted molar refractivity (Wildman–Crippen MR) is 90.9 cm³/mol. The minimum atomic E-state index is -0.441. The molecule has 0 saturated heterocycles. The maximum absolute atomic E-state index is 12.2. The number of non-ortho nitro benzene ring substituents is 1. The Kier molecular flexibility index (Phi) is 4.18. The summed E-state index contributed by atoms with van der Waals surface area (Å²) >= 11 is 2.64. The molecular formula is C15H11N3O3S2. The first-order valence-corrected chi connectivity index (χ1v) is 8.31. The number of hydrogen-bond acceptors (Lipinski definition) is 5. The molecule has 2 aromatic heterocycles. The Bertz CT molecular complexity index is 968. The highest BCUT2D eigenvalue weighted by molar-refractivity contribution is 7.16. The molecule has 1 amide bonds. The number of nitro benzene ring substituents is 1. The van der Waals surface area contributed by atoms with Crippen LogP contribution in [0.2, 0.25) is 0 Å². The third kappa shape index (κ3) is 2.99. The van der Waals surface area contributed by atoms with Crippen molar-refractivity contribution in [2.75, 3.05) is 0 Å². The summed E-state index contributed by atoms with van der Waals surface area (Å²) in [5.74, 6) is -0.320. The van der Waals surface area contributed by atoms with Gasteiger partial charge in [-0.25, -0.2) is 0 Å². The van der Waals surface area contributed by atoms with Crippen molar-refractivity contribution in [2.45, 2.75) is 6.54 Å². The van der Waals surface area contributed by atoms with Crippen molar-refractivity contribution in [1.29, 1.82) is 0 Å². The first-order chi connectivity index (χ1) is 11.1. The summed E-state index contributed by atoms with van der Waals surface area (Å²) in [6.07, 6.45) is 1.67. The Balaban J connectivity index is 2.20. The number of hydrogen-bond donors (Lipinski definition) is 0. The van der Waals surface area contributed by atoms with E-state index in [-0.39, 0.29) is 11.6 Å². The Morgan fingerprint density at radius 2 is 2.26 bits per heavy atom. The van der Waals surface area contributed by atoms with Crippen molar-refractivity contribution in [3.05, 3.63) is 68.2 Å². The molecule has 0 radical (unpaired) electrons. The van der Waals surface area contributed by atoms with Gasteiger partial charge in [0, 0.05) is 18.7 Å². The molecule has 2 heterocycles. The lowest BCUT2D eigenvalue weighted by Crippen LogP contribution is -2.16. The van der Waals surface area contributed by atoms with Gasteiger partial charge in [0.1, 0.15) is 0 Å². The normalized spacial score (nSPS) is 11.7. The van der Waals surface area contributed by atoms with Crippen molar-refractivity contribution in [2.24, 2.45) is 4.99 Å². The average molecular weight is 345 g/mol. The second-order valence-corrected chi connectivity index (χ2v) is 6.54. The number of aromatic nitrogens is 1. The molecule has 8 heteroatoms. The summed E-state index contributed by atoms with van der Waals surface area (Å²) < 4.78 is 2.58. The van der Waals surface area contributed by atoms with Gasteiger partial charge in [0.05, 0.1) is 20.0 Å². The van der Waals surface area contributed by atoms with E-state index in [4.69, 9.17) is 0 Å². The van der Waals surface area contributed by atoms with Crippen LogP contribution in [-0.4, -0.2) is 15.4 Å². The Morgan fingerprint density at radius 1 is 1.43 bits per heavy atom. The average Bonchev–Trinajstić information content (AvgIpc) is 3.16. The maximum Gasteiger partial charge on any atom is 0.289 e. The standard InChI is InChI=1S/C15H11N3O3S2/c1-2-7-17-11-9-10(18(20)21)5-6-12(11)23-15(17)16-14(19)13-4-3-8-22-13/h2-6,8-9H,1,7H2. The van der Waals surface area contributed by atoms with Crippen molar-refractivity contribution >= 4 is 44.5 Å². The first kappa shape index (κ1) is 15.3. The van der Waals surface area contributed by atoms with Gasteiger partial charge >= 0.3 is 0 Å². The maximum atomic E-state index is 12.2. The second kappa shape index (κ2) is 6.27. The van der Waals surface area contributed by atoms with E-state index in [0.29, 0.717) is 21.7 Å². The minimum absolute atomic E-state index is 0.00393. The molecule has 3 aromatic rings. The molecule has 1 aromatic carbocycles. The molecule has 3 rings (SSSR count). The number of amides is 1. The van der Waals surface area contributed by atoms with E-state index in [1.165, 1.54) is 34.8 Å². The quantitative estimate of drug-likeness (QED) is 0.412. The molecule has 0 bridgehead atoms. The third-order valence-electron chi connectivity index (χ3n) is 3.12. The zero-order valence-corrected chi connectivity index (χ0v) is 13.5. The van der Waals surface area contributed by atoms with Crippen LogP contribution in [0.5, 0.6) is 0 Å². The number of benzene rings is 1. The molecular weight excluding hydrogens is 334 g/mol. The number of carbonyl (C=O) groups is 1. The lowest BCUT2D eigenvalue weighted by atomic mass is 10.3. The van der Waals surface area contributed by atoms with Gasteiger partial charge in [0.15, 0.2) is 4.80 Å². The third-order valence-corrected chi connectivity index (χ3v) is 5.03. The van der Waals surface area contributed by atoms with E-state index < -0.39 is 4.92 Å². The Hall–Kier alpha value is -2.58. The van der Waals surface area contributed by atoms with E-state index in [0.717, 1.165) is 4.70 Å². The molecule has 0 fully saturated rings. The smallest absolute Gasteiger partial charge is 0.289 e. The molecule has 0 aliphatic rings. The number of rotatable bonds is 4. The van der Waals surface area contributed by atoms with Gasteiger partial charge in [0.2, 0.25) is 0 Å². The van der Waals surface area contributed by atoms with Crippen molar-refractivity contribution < 1.29 is 9.72 Å². The summed E-state index contributed by atoms with van der Waals surface area (Å²) in [6, 6.07) is 8.12. The zero-order chi connectivity index (χ0) is 16.4. The fourth-order valence-electron chi connectivity index (χ4n) is 2.10. The van der Waals surface area contributed by atoms with E-state index in [2.05, 4.69) is 11.6 Å². The van der Waals surface area contributed by atoms with Crippen molar-refractivity contribution in [3.8, 4) is 0 Å². The first-order valence-electron chi connectivity index (χ1n) is 6.61. The van der Waals surface area contributed by atoms with Gasteiger partial charge in [-0.3, -0.25) is 14.9 Å². The van der Waals surface area contributed by atoms with Crippen LogP contribution in [0.3, 0.4) is 0 Å². The van der Waals surface area contributed by atoms with Crippen LogP contribution in [0.1, 0.15) is 9.67 Å². The van der Waals surface area contributed by atoms with Crippen LogP contribution in [0.4, 0.5) is 5.69 Å². The molecule has 0 spiro atoms. The van der Waals surface area contributed by atoms with Gasteiger partial charge in [0.25, 0.3) is 11.6 Å². The molecule has 6 nitrogen and oxygen atoms in total. The van der Waals surface area contributed by atoms with Gasteiger partial charge in [-0.15, -0.1) is 17.9 Å².